The molecule has 0 saturated heterocycles. The Hall–Kier alpha value is -0.830. The van der Waals surface area contributed by atoms with Crippen LogP contribution in [0.2, 0.25) is 0 Å². The molecule has 0 aromatic rings. The van der Waals surface area contributed by atoms with E-state index in [0.717, 1.165) is 43.4 Å². The number of hydrogen-bond donors (Lipinski definition) is 1. The van der Waals surface area contributed by atoms with E-state index in [1.54, 1.807) is 0 Å². The molecule has 0 unspecified atom stereocenters. The summed E-state index contributed by atoms with van der Waals surface area (Å²) < 4.78 is 5.99. The van der Waals surface area contributed by atoms with Crippen LogP contribution in [0.5, 0.6) is 0 Å². The molecule has 1 aliphatic heterocycles. The fraction of sp³-hybridized carbons (Fsp3) is 0.786. The molecule has 1 saturated carbocycles. The smallest absolute Gasteiger partial charge is 0.163 e. The van der Waals surface area contributed by atoms with Crippen molar-refractivity contribution in [3.8, 4) is 0 Å². The Bertz CT molecular complexity index is 410. The fourth-order valence-corrected chi connectivity index (χ4v) is 3.68. The summed E-state index contributed by atoms with van der Waals surface area (Å²) in [5.74, 6) is 1.57. The average Bonchev–Trinajstić information content (AvgIpc) is 2.12. The van der Waals surface area contributed by atoms with Crippen LogP contribution < -0.4 is 5.73 Å². The summed E-state index contributed by atoms with van der Waals surface area (Å²) in [6, 6.07) is 0. The maximum Gasteiger partial charge on any atom is 0.163 e. The monoisotopic (exact) mass is 235 g/mol. The molecule has 2 N–H and O–H groups in total. The van der Waals surface area contributed by atoms with Crippen molar-refractivity contribution in [2.24, 2.45) is 17.1 Å². The first-order valence-corrected chi connectivity index (χ1v) is 6.63. The molecule has 2 bridgehead atoms. The van der Waals surface area contributed by atoms with Gasteiger partial charge in [0.2, 0.25) is 0 Å². The molecule has 2 aliphatic carbocycles. The van der Waals surface area contributed by atoms with Crippen LogP contribution >= 0.6 is 0 Å². The van der Waals surface area contributed by atoms with Crippen LogP contribution in [0, 0.1) is 11.3 Å². The van der Waals surface area contributed by atoms with E-state index in [1.807, 2.05) is 0 Å². The fourth-order valence-electron chi connectivity index (χ4n) is 3.68. The first kappa shape index (κ1) is 11.3. The Balaban J connectivity index is 2.02. The van der Waals surface area contributed by atoms with Crippen molar-refractivity contribution in [2.75, 3.05) is 0 Å². The van der Waals surface area contributed by atoms with Gasteiger partial charge in [-0.25, -0.2) is 0 Å². The highest BCUT2D eigenvalue weighted by atomic mass is 16.5. The van der Waals surface area contributed by atoms with E-state index >= 15 is 0 Å². The summed E-state index contributed by atoms with van der Waals surface area (Å²) in [7, 11) is 0. The van der Waals surface area contributed by atoms with Crippen LogP contribution in [0.25, 0.3) is 0 Å². The highest BCUT2D eigenvalue weighted by molar-refractivity contribution is 5.97. The second kappa shape index (κ2) is 3.35. The van der Waals surface area contributed by atoms with Gasteiger partial charge in [-0.2, -0.15) is 0 Å². The number of carbonyl (C=O) groups excluding carboxylic acids is 1. The zero-order chi connectivity index (χ0) is 12.3. The topological polar surface area (TPSA) is 52.3 Å². The lowest BCUT2D eigenvalue weighted by molar-refractivity contribution is -0.124. The maximum absolute atomic E-state index is 12.3. The SMILES string of the molecule is CC1(C)CC(=O)C2=C(C1)O[C@@]1(N)CCC[C@H]2C1. The molecular formula is C14H21NO2. The van der Waals surface area contributed by atoms with Crippen LogP contribution in [-0.2, 0) is 9.53 Å². The predicted octanol–water partition coefficient (Wildman–Crippen LogP) is 2.51. The van der Waals surface area contributed by atoms with E-state index in [-0.39, 0.29) is 5.41 Å². The van der Waals surface area contributed by atoms with Gasteiger partial charge < -0.3 is 4.74 Å². The Labute approximate surface area is 102 Å². The minimum atomic E-state index is -0.491. The summed E-state index contributed by atoms with van der Waals surface area (Å²) in [5, 5.41) is 0. The van der Waals surface area contributed by atoms with E-state index in [0.29, 0.717) is 18.1 Å². The zero-order valence-electron chi connectivity index (χ0n) is 10.7. The molecule has 17 heavy (non-hydrogen) atoms. The predicted molar refractivity (Wildman–Crippen MR) is 65.0 cm³/mol. The van der Waals surface area contributed by atoms with Crippen LogP contribution in [0.15, 0.2) is 11.3 Å². The van der Waals surface area contributed by atoms with Gasteiger partial charge in [0.1, 0.15) is 5.76 Å². The van der Waals surface area contributed by atoms with Crippen molar-refractivity contribution in [1.29, 1.82) is 0 Å². The normalized spacial score (nSPS) is 39.7. The highest BCUT2D eigenvalue weighted by Crippen LogP contribution is 2.49. The van der Waals surface area contributed by atoms with Gasteiger partial charge in [-0.15, -0.1) is 0 Å². The van der Waals surface area contributed by atoms with Crippen LogP contribution in [0.3, 0.4) is 0 Å². The number of rotatable bonds is 0. The van der Waals surface area contributed by atoms with Crippen molar-refractivity contribution in [1.82, 2.24) is 0 Å². The molecule has 1 fully saturated rings. The van der Waals surface area contributed by atoms with Crippen molar-refractivity contribution >= 4 is 5.78 Å². The summed E-state index contributed by atoms with van der Waals surface area (Å²) in [6.45, 7) is 4.26. The van der Waals surface area contributed by atoms with E-state index in [2.05, 4.69) is 13.8 Å². The summed E-state index contributed by atoms with van der Waals surface area (Å²) >= 11 is 0. The summed E-state index contributed by atoms with van der Waals surface area (Å²) in [6.07, 6.45) is 5.46. The van der Waals surface area contributed by atoms with Gasteiger partial charge >= 0.3 is 0 Å². The molecule has 3 rings (SSSR count). The Morgan fingerprint density at radius 1 is 1.35 bits per heavy atom. The lowest BCUT2D eigenvalue weighted by Gasteiger charge is -2.47. The number of nitrogens with two attached hydrogens (primary N) is 1. The van der Waals surface area contributed by atoms with Gasteiger partial charge in [0.25, 0.3) is 0 Å². The van der Waals surface area contributed by atoms with Crippen LogP contribution in [0.1, 0.15) is 52.4 Å². The summed E-state index contributed by atoms with van der Waals surface area (Å²) in [4.78, 5) is 12.3. The van der Waals surface area contributed by atoms with Gasteiger partial charge in [0.15, 0.2) is 11.5 Å². The molecule has 94 valence electrons. The molecule has 1 heterocycles. The first-order valence-electron chi connectivity index (χ1n) is 6.63. The third kappa shape index (κ3) is 1.81. The number of Topliss-reactive ketones (excluding diaryl/α,β-unsaturated/α-hetero) is 1. The number of carbonyl (C=O) groups is 1. The standard InChI is InChI=1S/C14H21NO2/c1-13(2)7-10(16)12-9-4-3-5-14(15,6-9)17-11(12)8-13/h9H,3-8,15H2,1-2H3/t9-,14-/m0/s1. The molecule has 0 aromatic carbocycles. The number of ether oxygens (including phenoxy) is 1. The Kier molecular flexibility index (Phi) is 2.22. The first-order chi connectivity index (χ1) is 7.89. The van der Waals surface area contributed by atoms with Crippen molar-refractivity contribution in [2.45, 2.75) is 58.1 Å². The maximum atomic E-state index is 12.3. The molecule has 3 heteroatoms. The summed E-state index contributed by atoms with van der Waals surface area (Å²) in [5.41, 5.74) is 6.79. The Morgan fingerprint density at radius 3 is 2.88 bits per heavy atom. The molecule has 2 atom stereocenters. The van der Waals surface area contributed by atoms with Gasteiger partial charge in [-0.1, -0.05) is 13.8 Å². The molecule has 3 nitrogen and oxygen atoms in total. The zero-order valence-corrected chi connectivity index (χ0v) is 10.7. The van der Waals surface area contributed by atoms with Crippen molar-refractivity contribution in [3.63, 3.8) is 0 Å². The van der Waals surface area contributed by atoms with Gasteiger partial charge in [0, 0.05) is 31.3 Å². The van der Waals surface area contributed by atoms with Crippen LogP contribution in [0.4, 0.5) is 0 Å². The minimum absolute atomic E-state index is 0.0257. The van der Waals surface area contributed by atoms with E-state index < -0.39 is 5.72 Å². The third-order valence-electron chi connectivity index (χ3n) is 4.36. The molecule has 0 radical (unpaired) electrons. The lowest BCUT2D eigenvalue weighted by atomic mass is 9.68. The molecule has 3 aliphatic rings. The molecule has 0 spiro atoms. The van der Waals surface area contributed by atoms with Crippen molar-refractivity contribution < 1.29 is 9.53 Å². The van der Waals surface area contributed by atoms with E-state index in [9.17, 15) is 4.79 Å². The average molecular weight is 235 g/mol. The lowest BCUT2D eigenvalue weighted by Crippen LogP contribution is -2.52. The number of ketones is 1. The largest absolute Gasteiger partial charge is 0.477 e. The second-order valence-electron chi connectivity index (χ2n) is 6.74. The Morgan fingerprint density at radius 2 is 2.12 bits per heavy atom. The molecule has 0 aromatic heterocycles. The highest BCUT2D eigenvalue weighted by Gasteiger charge is 2.47. The van der Waals surface area contributed by atoms with Gasteiger partial charge in [-0.05, 0) is 24.2 Å². The molecular weight excluding hydrogens is 214 g/mol. The number of hydrogen-bond acceptors (Lipinski definition) is 3. The molecule has 0 amide bonds. The van der Waals surface area contributed by atoms with Crippen LogP contribution in [-0.4, -0.2) is 11.5 Å². The van der Waals surface area contributed by atoms with Crippen molar-refractivity contribution in [3.05, 3.63) is 11.3 Å². The van der Waals surface area contributed by atoms with Gasteiger partial charge in [-0.3, -0.25) is 10.5 Å². The van der Waals surface area contributed by atoms with Gasteiger partial charge in [0.05, 0.1) is 0 Å². The second-order valence-corrected chi connectivity index (χ2v) is 6.74. The number of allylic oxidation sites excluding steroid dienone is 2. The van der Waals surface area contributed by atoms with E-state index in [1.165, 1.54) is 0 Å². The minimum Gasteiger partial charge on any atom is -0.477 e. The third-order valence-corrected chi connectivity index (χ3v) is 4.36. The van der Waals surface area contributed by atoms with E-state index in [4.69, 9.17) is 10.5 Å². The quantitative estimate of drug-likeness (QED) is 0.702. The number of fused-ring (bicyclic) bond motifs is 3.